The van der Waals surface area contributed by atoms with Gasteiger partial charge in [-0.15, -0.1) is 0 Å². The van der Waals surface area contributed by atoms with Crippen LogP contribution in [0, 0.1) is 5.82 Å². The molecule has 1 aliphatic carbocycles. The number of alkyl halides is 3. The number of carbonyl (C=O) groups is 1. The summed E-state index contributed by atoms with van der Waals surface area (Å²) in [7, 11) is 3.02. The molecule has 4 aromatic rings. The molecule has 5 rings (SSSR count). The number of benzene rings is 2. The van der Waals surface area contributed by atoms with Crippen LogP contribution in [0.4, 0.5) is 23.4 Å². The second kappa shape index (κ2) is 9.02. The maximum absolute atomic E-state index is 14.9. The number of nitrogens with one attached hydrogen (secondary N) is 2. The maximum Gasteiger partial charge on any atom is 0.400 e. The molecule has 0 spiro atoms. The Labute approximate surface area is 208 Å². The van der Waals surface area contributed by atoms with Gasteiger partial charge in [0.05, 0.1) is 49.3 Å². The van der Waals surface area contributed by atoms with Crippen LogP contribution in [0.15, 0.2) is 42.6 Å². The zero-order valence-electron chi connectivity index (χ0n) is 19.7. The summed E-state index contributed by atoms with van der Waals surface area (Å²) in [4.78, 5) is 21.3. The first-order valence-corrected chi connectivity index (χ1v) is 11.2. The molecule has 0 radical (unpaired) electrons. The third-order valence-electron chi connectivity index (χ3n) is 6.38. The number of aromatic amines is 1. The summed E-state index contributed by atoms with van der Waals surface area (Å²) in [6.45, 7) is 0. The molecule has 0 saturated heterocycles. The molecule has 2 N–H and O–H groups in total. The lowest BCUT2D eigenvalue weighted by molar-refractivity contribution is -0.161. The predicted molar refractivity (Wildman–Crippen MR) is 126 cm³/mol. The van der Waals surface area contributed by atoms with Gasteiger partial charge >= 0.3 is 6.18 Å². The van der Waals surface area contributed by atoms with Crippen LogP contribution in [0.25, 0.3) is 22.3 Å². The SMILES string of the molecule is COc1cc2ncc(-c3ccc(CC(=O)Nc4cc(C5(C(F)(F)F)CC5)n[nH]4)c(F)c3)nc2cc1OC. The van der Waals surface area contributed by atoms with Crippen molar-refractivity contribution in [3.8, 4) is 22.8 Å². The second-order valence-electron chi connectivity index (χ2n) is 8.73. The first kappa shape index (κ1) is 24.5. The van der Waals surface area contributed by atoms with Crippen LogP contribution in [0.5, 0.6) is 11.5 Å². The van der Waals surface area contributed by atoms with Crippen molar-refractivity contribution >= 4 is 22.8 Å². The zero-order chi connectivity index (χ0) is 26.4. The van der Waals surface area contributed by atoms with E-state index in [4.69, 9.17) is 9.47 Å². The van der Waals surface area contributed by atoms with E-state index in [1.54, 1.807) is 18.2 Å². The Balaban J connectivity index is 1.30. The van der Waals surface area contributed by atoms with Gasteiger partial charge < -0.3 is 14.8 Å². The Kier molecular flexibility index (Phi) is 5.97. The first-order valence-electron chi connectivity index (χ1n) is 11.2. The molecule has 0 bridgehead atoms. The molecule has 0 unspecified atom stereocenters. The lowest BCUT2D eigenvalue weighted by Gasteiger charge is -2.16. The number of rotatable bonds is 7. The molecule has 0 aliphatic heterocycles. The summed E-state index contributed by atoms with van der Waals surface area (Å²) in [5.74, 6) is -0.244. The molecule has 2 aromatic carbocycles. The summed E-state index contributed by atoms with van der Waals surface area (Å²) in [5, 5.41) is 8.57. The smallest absolute Gasteiger partial charge is 0.400 e. The number of anilines is 1. The topological polar surface area (TPSA) is 102 Å². The van der Waals surface area contributed by atoms with Crippen molar-refractivity contribution in [2.45, 2.75) is 30.9 Å². The highest BCUT2D eigenvalue weighted by Gasteiger charge is 2.65. The lowest BCUT2D eigenvalue weighted by Crippen LogP contribution is -2.29. The summed E-state index contributed by atoms with van der Waals surface area (Å²) in [6, 6.07) is 8.82. The van der Waals surface area contributed by atoms with Gasteiger partial charge in [0.25, 0.3) is 0 Å². The molecular formula is C25H21F4N5O3. The van der Waals surface area contributed by atoms with Gasteiger partial charge in [0, 0.05) is 23.8 Å². The molecule has 1 aliphatic rings. The van der Waals surface area contributed by atoms with Crippen LogP contribution in [-0.4, -0.2) is 46.5 Å². The fourth-order valence-electron chi connectivity index (χ4n) is 4.14. The number of halogens is 4. The van der Waals surface area contributed by atoms with Crippen molar-refractivity contribution in [1.82, 2.24) is 20.2 Å². The van der Waals surface area contributed by atoms with Gasteiger partial charge in [-0.05, 0) is 24.5 Å². The van der Waals surface area contributed by atoms with Crippen LogP contribution < -0.4 is 14.8 Å². The van der Waals surface area contributed by atoms with Gasteiger partial charge in [0.1, 0.15) is 17.1 Å². The molecule has 8 nitrogen and oxygen atoms in total. The van der Waals surface area contributed by atoms with E-state index in [9.17, 15) is 22.4 Å². The summed E-state index contributed by atoms with van der Waals surface area (Å²) < 4.78 is 65.3. The zero-order valence-corrected chi connectivity index (χ0v) is 19.7. The van der Waals surface area contributed by atoms with E-state index in [0.717, 1.165) is 0 Å². The maximum atomic E-state index is 14.9. The molecule has 2 heterocycles. The van der Waals surface area contributed by atoms with E-state index in [-0.39, 0.29) is 36.3 Å². The van der Waals surface area contributed by atoms with Crippen LogP contribution >= 0.6 is 0 Å². The number of carbonyl (C=O) groups excluding carboxylic acids is 1. The molecule has 2 aromatic heterocycles. The van der Waals surface area contributed by atoms with Crippen molar-refractivity contribution in [3.05, 3.63) is 59.7 Å². The van der Waals surface area contributed by atoms with Crippen LogP contribution in [0.3, 0.4) is 0 Å². The summed E-state index contributed by atoms with van der Waals surface area (Å²) in [6.07, 6.45) is -3.34. The third-order valence-corrected chi connectivity index (χ3v) is 6.38. The van der Waals surface area contributed by atoms with E-state index in [1.165, 1.54) is 38.6 Å². The highest BCUT2D eigenvalue weighted by atomic mass is 19.4. The van der Waals surface area contributed by atoms with E-state index in [2.05, 4.69) is 25.5 Å². The summed E-state index contributed by atoms with van der Waals surface area (Å²) >= 11 is 0. The Hall–Kier alpha value is -4.22. The number of hydrogen-bond donors (Lipinski definition) is 2. The minimum Gasteiger partial charge on any atom is -0.493 e. The average molecular weight is 515 g/mol. The second-order valence-corrected chi connectivity index (χ2v) is 8.73. The summed E-state index contributed by atoms with van der Waals surface area (Å²) in [5.41, 5.74) is -0.0637. The molecular weight excluding hydrogens is 494 g/mol. The predicted octanol–water partition coefficient (Wildman–Crippen LogP) is 4.95. The molecule has 12 heteroatoms. The van der Waals surface area contributed by atoms with Crippen molar-refractivity contribution in [1.29, 1.82) is 0 Å². The van der Waals surface area contributed by atoms with Crippen molar-refractivity contribution < 1.29 is 31.8 Å². The molecule has 1 amide bonds. The van der Waals surface area contributed by atoms with E-state index < -0.39 is 23.3 Å². The fourth-order valence-corrected chi connectivity index (χ4v) is 4.14. The van der Waals surface area contributed by atoms with Gasteiger partial charge in [-0.3, -0.25) is 14.9 Å². The van der Waals surface area contributed by atoms with E-state index >= 15 is 0 Å². The Morgan fingerprint density at radius 3 is 2.41 bits per heavy atom. The van der Waals surface area contributed by atoms with Gasteiger partial charge in [0.15, 0.2) is 11.5 Å². The van der Waals surface area contributed by atoms with Crippen molar-refractivity contribution in [2.24, 2.45) is 0 Å². The number of ether oxygens (including phenoxy) is 2. The monoisotopic (exact) mass is 515 g/mol. The minimum absolute atomic E-state index is 0.0195. The Morgan fingerprint density at radius 1 is 1.08 bits per heavy atom. The van der Waals surface area contributed by atoms with Gasteiger partial charge in [-0.25, -0.2) is 9.37 Å². The molecule has 192 valence electrons. The lowest BCUT2D eigenvalue weighted by atomic mass is 10.0. The molecule has 1 saturated carbocycles. The highest BCUT2D eigenvalue weighted by molar-refractivity contribution is 5.91. The fraction of sp³-hybridized carbons (Fsp3) is 0.280. The highest BCUT2D eigenvalue weighted by Crippen LogP contribution is 2.58. The largest absolute Gasteiger partial charge is 0.493 e. The van der Waals surface area contributed by atoms with Crippen molar-refractivity contribution in [3.63, 3.8) is 0 Å². The van der Waals surface area contributed by atoms with Gasteiger partial charge in [-0.2, -0.15) is 18.3 Å². The number of methoxy groups -OCH3 is 2. The van der Waals surface area contributed by atoms with Gasteiger partial charge in [-0.1, -0.05) is 12.1 Å². The van der Waals surface area contributed by atoms with E-state index in [0.29, 0.717) is 33.8 Å². The number of amides is 1. The number of aromatic nitrogens is 4. The quantitative estimate of drug-likeness (QED) is 0.338. The number of H-pyrrole nitrogens is 1. The van der Waals surface area contributed by atoms with Gasteiger partial charge in [0.2, 0.25) is 5.91 Å². The Bertz CT molecular complexity index is 1500. The molecule has 1 fully saturated rings. The third kappa shape index (κ3) is 4.54. The van der Waals surface area contributed by atoms with Crippen LogP contribution in [0.1, 0.15) is 24.1 Å². The first-order chi connectivity index (χ1) is 17.6. The minimum atomic E-state index is -4.41. The molecule has 0 atom stereocenters. The normalized spacial score (nSPS) is 14.4. The standard InChI is InChI=1S/C25H21F4N5O3/c1-36-19-9-16-17(10-20(19)37-2)31-18(12-30-16)14-4-3-13(15(26)7-14)8-23(35)32-22-11-21(33-34-22)24(5-6-24)25(27,28)29/h3-4,7,9-12H,5-6,8H2,1-2H3,(H2,32,33,34,35). The van der Waals surface area contributed by atoms with Crippen LogP contribution in [-0.2, 0) is 16.6 Å². The van der Waals surface area contributed by atoms with Crippen molar-refractivity contribution in [2.75, 3.05) is 19.5 Å². The molecule has 37 heavy (non-hydrogen) atoms. The number of nitrogens with zero attached hydrogens (tertiary/aromatic N) is 3. The number of hydrogen-bond acceptors (Lipinski definition) is 6. The number of fused-ring (bicyclic) bond motifs is 1. The van der Waals surface area contributed by atoms with Crippen LogP contribution in [0.2, 0.25) is 0 Å². The average Bonchev–Trinajstić information content (AvgIpc) is 3.57. The Morgan fingerprint density at radius 2 is 1.78 bits per heavy atom. The van der Waals surface area contributed by atoms with E-state index in [1.807, 2.05) is 0 Å².